The summed E-state index contributed by atoms with van der Waals surface area (Å²) >= 11 is 6.87. The minimum absolute atomic E-state index is 0.234. The molecule has 0 saturated carbocycles. The van der Waals surface area contributed by atoms with E-state index in [-0.39, 0.29) is 12.6 Å². The Bertz CT molecular complexity index is 2200. The van der Waals surface area contributed by atoms with E-state index in [4.69, 9.17) is 9.47 Å². The molecule has 9 rings (SSSR count). The summed E-state index contributed by atoms with van der Waals surface area (Å²) in [5.74, 6) is 3.36. The maximum Gasteiger partial charge on any atom is 0.178 e. The van der Waals surface area contributed by atoms with Crippen molar-refractivity contribution in [1.82, 2.24) is 44.6 Å². The lowest BCUT2D eigenvalue weighted by molar-refractivity contribution is 0.0773. The van der Waals surface area contributed by atoms with E-state index in [1.165, 1.54) is 71.1 Å². The van der Waals surface area contributed by atoms with Crippen LogP contribution in [-0.4, -0.2) is 127 Å². The molecular formula is C44H53Br2N9O3. The second-order valence-electron chi connectivity index (χ2n) is 15.5. The Kier molecular flexibility index (Phi) is 14.0. The maximum atomic E-state index is 9.49. The van der Waals surface area contributed by atoms with Crippen molar-refractivity contribution < 1.29 is 14.6 Å². The van der Waals surface area contributed by atoms with Crippen LogP contribution in [0.15, 0.2) is 82.0 Å². The number of imidazole rings is 2. The number of aliphatic hydroxyl groups excluding tert-OH is 1. The number of aliphatic hydroxyl groups is 1. The summed E-state index contributed by atoms with van der Waals surface area (Å²) in [7, 11) is 0. The van der Waals surface area contributed by atoms with Crippen LogP contribution in [0, 0.1) is 0 Å². The van der Waals surface area contributed by atoms with Gasteiger partial charge in [-0.3, -0.25) is 9.80 Å². The molecule has 3 aliphatic rings. The SMILES string of the molecule is Brc1cnc2nc(-c3ccc(OCCN4CCC(N5CCCCC5)CC4)cc3)[nH]c2c1.OCC1CCCCN1CCOc1ccc(-c2nc3ncc(Br)cc3[nH]2)cc1. The first kappa shape index (κ1) is 40.8. The van der Waals surface area contributed by atoms with Crippen molar-refractivity contribution in [3.8, 4) is 34.3 Å². The van der Waals surface area contributed by atoms with Gasteiger partial charge in [-0.05, 0) is 164 Å². The average molecular weight is 916 g/mol. The predicted molar refractivity (Wildman–Crippen MR) is 236 cm³/mol. The summed E-state index contributed by atoms with van der Waals surface area (Å²) in [6.07, 6.45) is 13.8. The number of benzene rings is 2. The smallest absolute Gasteiger partial charge is 0.178 e. The van der Waals surface area contributed by atoms with Gasteiger partial charge in [-0.1, -0.05) is 12.8 Å². The third kappa shape index (κ3) is 10.6. The number of rotatable bonds is 12. The highest BCUT2D eigenvalue weighted by Crippen LogP contribution is 2.26. The zero-order valence-electron chi connectivity index (χ0n) is 33.0. The number of halogens is 2. The minimum Gasteiger partial charge on any atom is -0.492 e. The Balaban J connectivity index is 0.000000164. The van der Waals surface area contributed by atoms with Gasteiger partial charge in [0.05, 0.1) is 17.6 Å². The molecule has 0 aliphatic carbocycles. The Labute approximate surface area is 357 Å². The highest BCUT2D eigenvalue weighted by Gasteiger charge is 2.25. The molecule has 4 aromatic heterocycles. The molecule has 0 bridgehead atoms. The number of hydrogen-bond donors (Lipinski definition) is 3. The Hall–Kier alpha value is -3.92. The highest BCUT2D eigenvalue weighted by molar-refractivity contribution is 9.10. The molecule has 7 heterocycles. The number of piperidine rings is 3. The molecule has 12 nitrogen and oxygen atoms in total. The van der Waals surface area contributed by atoms with Gasteiger partial charge in [0.2, 0.25) is 0 Å². The molecule has 14 heteroatoms. The number of fused-ring (bicyclic) bond motifs is 2. The molecule has 3 N–H and O–H groups in total. The molecule has 3 aliphatic heterocycles. The molecule has 6 aromatic rings. The summed E-state index contributed by atoms with van der Waals surface area (Å²) in [6, 6.07) is 21.1. The van der Waals surface area contributed by atoms with E-state index in [1.54, 1.807) is 12.4 Å². The first-order valence-corrected chi connectivity index (χ1v) is 22.4. The molecule has 1 unspecified atom stereocenters. The van der Waals surface area contributed by atoms with Gasteiger partial charge in [-0.15, -0.1) is 0 Å². The van der Waals surface area contributed by atoms with Crippen molar-refractivity contribution >= 4 is 54.2 Å². The van der Waals surface area contributed by atoms with Gasteiger partial charge in [0.15, 0.2) is 11.3 Å². The molecular weight excluding hydrogens is 862 g/mol. The molecule has 0 spiro atoms. The Morgan fingerprint density at radius 2 is 1.17 bits per heavy atom. The van der Waals surface area contributed by atoms with E-state index < -0.39 is 0 Å². The van der Waals surface area contributed by atoms with E-state index in [0.29, 0.717) is 12.3 Å². The van der Waals surface area contributed by atoms with E-state index in [1.807, 2.05) is 60.7 Å². The summed E-state index contributed by atoms with van der Waals surface area (Å²) < 4.78 is 13.8. The van der Waals surface area contributed by atoms with Crippen molar-refractivity contribution in [3.63, 3.8) is 0 Å². The van der Waals surface area contributed by atoms with Crippen LogP contribution >= 0.6 is 31.9 Å². The number of aromatic amines is 2. The predicted octanol–water partition coefficient (Wildman–Crippen LogP) is 8.33. The number of nitrogens with zero attached hydrogens (tertiary/aromatic N) is 7. The fourth-order valence-electron chi connectivity index (χ4n) is 8.37. The Morgan fingerprint density at radius 1 is 0.638 bits per heavy atom. The lowest BCUT2D eigenvalue weighted by Gasteiger charge is -2.40. The van der Waals surface area contributed by atoms with Crippen molar-refractivity contribution in [2.75, 3.05) is 65.6 Å². The van der Waals surface area contributed by atoms with Crippen molar-refractivity contribution in [1.29, 1.82) is 0 Å². The average Bonchev–Trinajstić information content (AvgIpc) is 3.89. The van der Waals surface area contributed by atoms with Gasteiger partial charge >= 0.3 is 0 Å². The molecule has 0 amide bonds. The number of H-pyrrole nitrogens is 2. The largest absolute Gasteiger partial charge is 0.492 e. The minimum atomic E-state index is 0.234. The van der Waals surface area contributed by atoms with Crippen LogP contribution in [0.3, 0.4) is 0 Å². The lowest BCUT2D eigenvalue weighted by Crippen LogP contribution is -2.47. The summed E-state index contributed by atoms with van der Waals surface area (Å²) in [4.78, 5) is 32.0. The highest BCUT2D eigenvalue weighted by atomic mass is 79.9. The van der Waals surface area contributed by atoms with Gasteiger partial charge in [0.25, 0.3) is 0 Å². The standard InChI is InChI=1S/C24H30BrN5O.C20H23BrN4O2/c25-19-16-22-24(26-17-19)28-23(27-22)18-4-6-21(7-5-18)31-15-14-29-12-8-20(9-13-29)30-10-2-1-3-11-30;21-15-11-18-20(22-12-15)24-19(23-18)14-4-6-17(7-5-14)27-10-9-25-8-2-1-3-16(25)13-26/h4-7,16-17,20H,1-3,8-15H2,(H,26,27,28);4-7,11-12,16,26H,1-3,8-10,13H2,(H,22,23,24). The fourth-order valence-corrected chi connectivity index (χ4v) is 9.03. The topological polar surface area (TPSA) is 132 Å². The second kappa shape index (κ2) is 19.9. The number of aromatic nitrogens is 6. The van der Waals surface area contributed by atoms with Crippen LogP contribution in [0.25, 0.3) is 45.1 Å². The van der Waals surface area contributed by atoms with Crippen LogP contribution in [0.4, 0.5) is 0 Å². The van der Waals surface area contributed by atoms with Crippen LogP contribution in [0.2, 0.25) is 0 Å². The van der Waals surface area contributed by atoms with Crippen molar-refractivity contribution in [3.05, 3.63) is 82.0 Å². The normalized spacial score (nSPS) is 18.6. The van der Waals surface area contributed by atoms with Crippen molar-refractivity contribution in [2.24, 2.45) is 0 Å². The maximum absolute atomic E-state index is 9.49. The third-order valence-electron chi connectivity index (χ3n) is 11.6. The number of nitrogens with one attached hydrogen (secondary N) is 2. The zero-order chi connectivity index (χ0) is 39.7. The molecule has 3 fully saturated rings. The fraction of sp³-hybridized carbons (Fsp3) is 0.455. The van der Waals surface area contributed by atoms with Gasteiger partial charge < -0.3 is 29.4 Å². The third-order valence-corrected chi connectivity index (χ3v) is 12.5. The monoisotopic (exact) mass is 913 g/mol. The van der Waals surface area contributed by atoms with Crippen LogP contribution in [0.1, 0.15) is 51.4 Å². The first-order chi connectivity index (χ1) is 28.5. The molecule has 2 aromatic carbocycles. The molecule has 0 radical (unpaired) electrons. The summed E-state index contributed by atoms with van der Waals surface area (Å²) in [5.41, 5.74) is 5.28. The molecule has 1 atom stereocenters. The zero-order valence-corrected chi connectivity index (χ0v) is 36.1. The molecule has 3 saturated heterocycles. The number of hydrogen-bond acceptors (Lipinski definition) is 10. The van der Waals surface area contributed by atoms with E-state index >= 15 is 0 Å². The summed E-state index contributed by atoms with van der Waals surface area (Å²) in [5, 5.41) is 9.49. The van der Waals surface area contributed by atoms with Gasteiger partial charge in [-0.2, -0.15) is 0 Å². The quantitative estimate of drug-likeness (QED) is 0.110. The second-order valence-corrected chi connectivity index (χ2v) is 17.3. The number of likely N-dealkylation sites (tertiary alicyclic amines) is 3. The van der Waals surface area contributed by atoms with E-state index in [0.717, 1.165) is 98.6 Å². The van der Waals surface area contributed by atoms with Gasteiger partial charge in [0, 0.05) is 57.6 Å². The van der Waals surface area contributed by atoms with Crippen molar-refractivity contribution in [2.45, 2.75) is 63.5 Å². The van der Waals surface area contributed by atoms with E-state index in [2.05, 4.69) is 76.5 Å². The van der Waals surface area contributed by atoms with Gasteiger partial charge in [-0.25, -0.2) is 19.9 Å². The summed E-state index contributed by atoms with van der Waals surface area (Å²) in [6.45, 7) is 9.49. The number of pyridine rings is 2. The number of ether oxygens (including phenoxy) is 2. The van der Waals surface area contributed by atoms with Gasteiger partial charge in [0.1, 0.15) is 36.4 Å². The van der Waals surface area contributed by atoms with Crippen LogP contribution < -0.4 is 9.47 Å². The van der Waals surface area contributed by atoms with Crippen LogP contribution in [0.5, 0.6) is 11.5 Å². The lowest BCUT2D eigenvalue weighted by atomic mass is 10.00. The van der Waals surface area contributed by atoms with E-state index in [9.17, 15) is 5.11 Å². The molecule has 306 valence electrons. The Morgan fingerprint density at radius 3 is 1.72 bits per heavy atom. The first-order valence-electron chi connectivity index (χ1n) is 20.8. The van der Waals surface area contributed by atoms with Crippen LogP contribution in [-0.2, 0) is 0 Å². The molecule has 58 heavy (non-hydrogen) atoms.